The molecule has 2 fully saturated rings. The molecule has 2 aliphatic heterocycles. The molecule has 1 N–H and O–H groups in total. The Kier molecular flexibility index (Phi) is 6.26. The van der Waals surface area contributed by atoms with Gasteiger partial charge in [-0.2, -0.15) is 0 Å². The van der Waals surface area contributed by atoms with Crippen LogP contribution in [0, 0.1) is 6.92 Å². The van der Waals surface area contributed by atoms with E-state index in [2.05, 4.69) is 21.0 Å². The van der Waals surface area contributed by atoms with Crippen molar-refractivity contribution in [3.05, 3.63) is 63.5 Å². The van der Waals surface area contributed by atoms with Crippen LogP contribution < -0.4 is 5.56 Å². The number of aryl methyl sites for hydroxylation is 1. The van der Waals surface area contributed by atoms with E-state index in [1.54, 1.807) is 10.7 Å². The molecule has 0 bridgehead atoms. The molecule has 0 spiro atoms. The Morgan fingerprint density at radius 3 is 2.79 bits per heavy atom. The van der Waals surface area contributed by atoms with Crippen LogP contribution in [0.3, 0.4) is 0 Å². The summed E-state index contributed by atoms with van der Waals surface area (Å²) < 4.78 is 1.56. The Morgan fingerprint density at radius 2 is 2.00 bits per heavy atom. The molecule has 33 heavy (non-hydrogen) atoms. The van der Waals surface area contributed by atoms with Crippen LogP contribution in [0.15, 0.2) is 35.4 Å². The first-order valence-electron chi connectivity index (χ1n) is 12.1. The second-order valence-corrected chi connectivity index (χ2v) is 9.32. The number of nitrogens with one attached hydrogen (secondary N) is 1. The quantitative estimate of drug-likeness (QED) is 0.626. The SMILES string of the molecule is Cc1nc2cc([C@@H]3CCCCN3Cc3cccnc3)[nH]n2c(=O)c1CCC(=O)N1CCCC1. The van der Waals surface area contributed by atoms with E-state index in [-0.39, 0.29) is 17.5 Å². The van der Waals surface area contributed by atoms with E-state index in [0.717, 1.165) is 63.3 Å². The number of rotatable bonds is 6. The van der Waals surface area contributed by atoms with E-state index >= 15 is 0 Å². The van der Waals surface area contributed by atoms with Crippen LogP contribution in [0.1, 0.15) is 67.1 Å². The zero-order chi connectivity index (χ0) is 22.8. The summed E-state index contributed by atoms with van der Waals surface area (Å²) in [4.78, 5) is 39.1. The topological polar surface area (TPSA) is 86.6 Å². The predicted octanol–water partition coefficient (Wildman–Crippen LogP) is 3.01. The van der Waals surface area contributed by atoms with Crippen molar-refractivity contribution in [3.8, 4) is 0 Å². The van der Waals surface area contributed by atoms with Crippen LogP contribution in [0.2, 0.25) is 0 Å². The van der Waals surface area contributed by atoms with E-state index in [1.807, 2.05) is 30.2 Å². The number of aromatic amines is 1. The lowest BCUT2D eigenvalue weighted by Crippen LogP contribution is -2.33. The fraction of sp³-hybridized carbons (Fsp3) is 0.520. The maximum absolute atomic E-state index is 13.3. The highest BCUT2D eigenvalue weighted by molar-refractivity contribution is 5.76. The molecule has 0 unspecified atom stereocenters. The molecular weight excluding hydrogens is 416 g/mol. The maximum Gasteiger partial charge on any atom is 0.276 e. The summed E-state index contributed by atoms with van der Waals surface area (Å²) in [6, 6.07) is 6.30. The molecule has 2 aliphatic rings. The van der Waals surface area contributed by atoms with Gasteiger partial charge < -0.3 is 4.90 Å². The second kappa shape index (κ2) is 9.47. The van der Waals surface area contributed by atoms with Crippen molar-refractivity contribution in [1.82, 2.24) is 29.4 Å². The number of hydrogen-bond donors (Lipinski definition) is 1. The van der Waals surface area contributed by atoms with Crippen molar-refractivity contribution < 1.29 is 4.79 Å². The number of amides is 1. The van der Waals surface area contributed by atoms with Crippen LogP contribution in [0.25, 0.3) is 5.65 Å². The van der Waals surface area contributed by atoms with Crippen molar-refractivity contribution in [3.63, 3.8) is 0 Å². The normalized spacial score (nSPS) is 19.4. The molecule has 0 aliphatic carbocycles. The zero-order valence-corrected chi connectivity index (χ0v) is 19.3. The third-order valence-electron chi connectivity index (χ3n) is 7.06. The molecule has 174 valence electrons. The van der Waals surface area contributed by atoms with Crippen LogP contribution in [-0.4, -0.2) is 54.9 Å². The number of carbonyl (C=O) groups excluding carboxylic acids is 1. The van der Waals surface area contributed by atoms with Gasteiger partial charge in [0.1, 0.15) is 0 Å². The Hall–Kier alpha value is -3.00. The van der Waals surface area contributed by atoms with E-state index in [4.69, 9.17) is 4.98 Å². The highest BCUT2D eigenvalue weighted by Crippen LogP contribution is 2.31. The first-order chi connectivity index (χ1) is 16.1. The molecule has 8 heteroatoms. The minimum Gasteiger partial charge on any atom is -0.343 e. The summed E-state index contributed by atoms with van der Waals surface area (Å²) in [6.45, 7) is 5.40. The van der Waals surface area contributed by atoms with Gasteiger partial charge in [0, 0.05) is 55.8 Å². The fourth-order valence-electron chi connectivity index (χ4n) is 5.26. The van der Waals surface area contributed by atoms with E-state index < -0.39 is 0 Å². The van der Waals surface area contributed by atoms with Gasteiger partial charge in [0.05, 0.1) is 11.7 Å². The van der Waals surface area contributed by atoms with Crippen LogP contribution in [0.4, 0.5) is 0 Å². The molecule has 3 aromatic rings. The number of hydrogen-bond acceptors (Lipinski definition) is 5. The number of H-pyrrole nitrogens is 1. The lowest BCUT2D eigenvalue weighted by molar-refractivity contribution is -0.130. The Labute approximate surface area is 193 Å². The van der Waals surface area contributed by atoms with Gasteiger partial charge in [0.15, 0.2) is 5.65 Å². The number of piperidine rings is 1. The summed E-state index contributed by atoms with van der Waals surface area (Å²) >= 11 is 0. The van der Waals surface area contributed by atoms with Gasteiger partial charge in [-0.3, -0.25) is 24.6 Å². The molecule has 1 atom stereocenters. The number of pyridine rings is 1. The minimum atomic E-state index is -0.0902. The molecule has 8 nitrogen and oxygen atoms in total. The number of carbonyl (C=O) groups is 1. The summed E-state index contributed by atoms with van der Waals surface area (Å²) in [5.41, 5.74) is 4.12. The van der Waals surface area contributed by atoms with E-state index in [1.165, 1.54) is 12.0 Å². The van der Waals surface area contributed by atoms with Gasteiger partial charge in [-0.15, -0.1) is 0 Å². The van der Waals surface area contributed by atoms with Crippen LogP contribution in [-0.2, 0) is 17.8 Å². The summed E-state index contributed by atoms with van der Waals surface area (Å²) in [7, 11) is 0. The van der Waals surface area contributed by atoms with Gasteiger partial charge >= 0.3 is 0 Å². The average molecular weight is 449 g/mol. The third-order valence-corrected chi connectivity index (χ3v) is 7.06. The number of aromatic nitrogens is 4. The third kappa shape index (κ3) is 4.57. The second-order valence-electron chi connectivity index (χ2n) is 9.32. The molecule has 1 amide bonds. The Bertz CT molecular complexity index is 1180. The van der Waals surface area contributed by atoms with Gasteiger partial charge in [0.25, 0.3) is 5.56 Å². The standard InChI is InChI=1S/C25H32N6O2/c1-18-20(9-10-24(32)29-12-4-5-13-29)25(33)31-23(27-18)15-21(28-31)22-8-2-3-14-30(22)17-19-7-6-11-26-16-19/h6-7,11,15-16,22,28H,2-5,8-10,12-14,17H2,1H3/t22-/m0/s1. The van der Waals surface area contributed by atoms with Gasteiger partial charge in [-0.1, -0.05) is 12.5 Å². The number of nitrogens with zero attached hydrogens (tertiary/aromatic N) is 5. The number of likely N-dealkylation sites (tertiary alicyclic amines) is 2. The lowest BCUT2D eigenvalue weighted by Gasteiger charge is -2.35. The van der Waals surface area contributed by atoms with Crippen LogP contribution >= 0.6 is 0 Å². The average Bonchev–Trinajstić information content (AvgIpc) is 3.50. The highest BCUT2D eigenvalue weighted by atomic mass is 16.2. The Morgan fingerprint density at radius 1 is 1.18 bits per heavy atom. The maximum atomic E-state index is 13.3. The zero-order valence-electron chi connectivity index (χ0n) is 19.3. The van der Waals surface area contributed by atoms with Crippen molar-refractivity contribution >= 4 is 11.6 Å². The van der Waals surface area contributed by atoms with E-state index in [9.17, 15) is 9.59 Å². The summed E-state index contributed by atoms with van der Waals surface area (Å²) in [5, 5.41) is 3.35. The lowest BCUT2D eigenvalue weighted by atomic mass is 9.99. The van der Waals surface area contributed by atoms with Crippen LogP contribution in [0.5, 0.6) is 0 Å². The fourth-order valence-corrected chi connectivity index (χ4v) is 5.26. The first kappa shape index (κ1) is 21.8. The van der Waals surface area contributed by atoms with E-state index in [0.29, 0.717) is 24.1 Å². The van der Waals surface area contributed by atoms with Gasteiger partial charge in [0.2, 0.25) is 5.91 Å². The highest BCUT2D eigenvalue weighted by Gasteiger charge is 2.27. The Balaban J connectivity index is 1.38. The number of fused-ring (bicyclic) bond motifs is 1. The summed E-state index contributed by atoms with van der Waals surface area (Å²) in [5.74, 6) is 0.136. The predicted molar refractivity (Wildman–Crippen MR) is 126 cm³/mol. The first-order valence-corrected chi connectivity index (χ1v) is 12.1. The van der Waals surface area contributed by atoms with Gasteiger partial charge in [-0.05, 0) is 57.2 Å². The largest absolute Gasteiger partial charge is 0.343 e. The molecular formula is C25H32N6O2. The van der Waals surface area contributed by atoms with Crippen molar-refractivity contribution in [2.24, 2.45) is 0 Å². The molecule has 3 aromatic heterocycles. The molecule has 0 radical (unpaired) electrons. The molecule has 2 saturated heterocycles. The van der Waals surface area contributed by atoms with Gasteiger partial charge in [-0.25, -0.2) is 9.50 Å². The molecule has 0 saturated carbocycles. The minimum absolute atomic E-state index is 0.0902. The molecule has 5 heterocycles. The van der Waals surface area contributed by atoms with Crippen molar-refractivity contribution in [1.29, 1.82) is 0 Å². The van der Waals surface area contributed by atoms with Crippen molar-refractivity contribution in [2.45, 2.75) is 64.5 Å². The smallest absolute Gasteiger partial charge is 0.276 e. The molecule has 5 rings (SSSR count). The monoisotopic (exact) mass is 448 g/mol. The summed E-state index contributed by atoms with van der Waals surface area (Å²) in [6.07, 6.45) is 10.0. The van der Waals surface area contributed by atoms with Crippen molar-refractivity contribution in [2.75, 3.05) is 19.6 Å². The molecule has 0 aromatic carbocycles.